The summed E-state index contributed by atoms with van der Waals surface area (Å²) < 4.78 is 0. The molecule has 104 valence electrons. The molecule has 0 unspecified atom stereocenters. The standard InChI is InChI=1S/C15H16ClN3O/c1-10-4-3-5-12(18-10)8-11(2)19-15(20)13-6-7-17-9-14(13)16/h3-7,9,11H,8H2,1-2H3,(H,19,20)/t11-/m1/s1. The fourth-order valence-corrected chi connectivity index (χ4v) is 2.14. The molecular formula is C15H16ClN3O. The second-order valence-electron chi connectivity index (χ2n) is 4.70. The van der Waals surface area contributed by atoms with Crippen molar-refractivity contribution in [2.75, 3.05) is 0 Å². The number of nitrogens with zero attached hydrogens (tertiary/aromatic N) is 2. The average Bonchev–Trinajstić information content (AvgIpc) is 2.38. The third-order valence-electron chi connectivity index (χ3n) is 2.86. The van der Waals surface area contributed by atoms with Gasteiger partial charge in [-0.15, -0.1) is 0 Å². The van der Waals surface area contributed by atoms with E-state index in [1.807, 2.05) is 32.0 Å². The van der Waals surface area contributed by atoms with E-state index in [-0.39, 0.29) is 11.9 Å². The van der Waals surface area contributed by atoms with E-state index >= 15 is 0 Å². The van der Waals surface area contributed by atoms with Crippen molar-refractivity contribution in [3.05, 3.63) is 58.6 Å². The molecule has 1 atom stereocenters. The Morgan fingerprint density at radius 3 is 2.90 bits per heavy atom. The van der Waals surface area contributed by atoms with Gasteiger partial charge in [0, 0.05) is 36.2 Å². The van der Waals surface area contributed by atoms with Crippen LogP contribution < -0.4 is 5.32 Å². The van der Waals surface area contributed by atoms with Crippen molar-refractivity contribution in [1.29, 1.82) is 0 Å². The van der Waals surface area contributed by atoms with Gasteiger partial charge in [-0.05, 0) is 32.0 Å². The highest BCUT2D eigenvalue weighted by Crippen LogP contribution is 2.13. The van der Waals surface area contributed by atoms with Crippen molar-refractivity contribution in [2.45, 2.75) is 26.3 Å². The summed E-state index contributed by atoms with van der Waals surface area (Å²) in [6, 6.07) is 7.45. The first-order valence-corrected chi connectivity index (χ1v) is 6.77. The van der Waals surface area contributed by atoms with E-state index in [9.17, 15) is 4.79 Å². The maximum atomic E-state index is 12.1. The van der Waals surface area contributed by atoms with Crippen molar-refractivity contribution in [1.82, 2.24) is 15.3 Å². The molecule has 5 heteroatoms. The fourth-order valence-electron chi connectivity index (χ4n) is 1.94. The first kappa shape index (κ1) is 14.5. The molecule has 2 heterocycles. The van der Waals surface area contributed by atoms with Gasteiger partial charge in [0.05, 0.1) is 10.6 Å². The van der Waals surface area contributed by atoms with Gasteiger partial charge in [-0.2, -0.15) is 0 Å². The predicted octanol–water partition coefficient (Wildman–Crippen LogP) is 2.80. The van der Waals surface area contributed by atoms with Crippen LogP contribution in [0.2, 0.25) is 5.02 Å². The molecule has 0 fully saturated rings. The van der Waals surface area contributed by atoms with Crippen LogP contribution >= 0.6 is 11.6 Å². The Balaban J connectivity index is 2.00. The molecule has 1 amide bonds. The number of pyridine rings is 2. The second kappa shape index (κ2) is 6.48. The highest BCUT2D eigenvalue weighted by atomic mass is 35.5. The minimum atomic E-state index is -0.197. The number of rotatable bonds is 4. The van der Waals surface area contributed by atoms with Crippen LogP contribution in [0.1, 0.15) is 28.7 Å². The third-order valence-corrected chi connectivity index (χ3v) is 3.16. The van der Waals surface area contributed by atoms with E-state index < -0.39 is 0 Å². The van der Waals surface area contributed by atoms with Crippen molar-refractivity contribution < 1.29 is 4.79 Å². The van der Waals surface area contributed by atoms with Gasteiger partial charge in [0.15, 0.2) is 0 Å². The molecule has 1 N–H and O–H groups in total. The number of hydrogen-bond acceptors (Lipinski definition) is 3. The molecule has 0 aromatic carbocycles. The summed E-state index contributed by atoms with van der Waals surface area (Å²) in [5.41, 5.74) is 2.36. The Morgan fingerprint density at radius 2 is 2.20 bits per heavy atom. The molecule has 2 rings (SSSR count). The molecule has 0 aliphatic carbocycles. The molecule has 0 aliphatic rings. The lowest BCUT2D eigenvalue weighted by atomic mass is 10.1. The minimum Gasteiger partial charge on any atom is -0.349 e. The highest BCUT2D eigenvalue weighted by Gasteiger charge is 2.13. The summed E-state index contributed by atoms with van der Waals surface area (Å²) in [6.07, 6.45) is 3.69. The van der Waals surface area contributed by atoms with Crippen LogP contribution in [0.4, 0.5) is 0 Å². The predicted molar refractivity (Wildman–Crippen MR) is 78.9 cm³/mol. The van der Waals surface area contributed by atoms with Crippen LogP contribution in [-0.4, -0.2) is 21.9 Å². The molecule has 2 aromatic rings. The Morgan fingerprint density at radius 1 is 1.40 bits per heavy atom. The van der Waals surface area contributed by atoms with Crippen LogP contribution in [0.3, 0.4) is 0 Å². The molecule has 2 aromatic heterocycles. The minimum absolute atomic E-state index is 0.0268. The smallest absolute Gasteiger partial charge is 0.253 e. The Hall–Kier alpha value is -1.94. The largest absolute Gasteiger partial charge is 0.349 e. The van der Waals surface area contributed by atoms with Gasteiger partial charge < -0.3 is 5.32 Å². The van der Waals surface area contributed by atoms with Gasteiger partial charge in [0.2, 0.25) is 0 Å². The number of aromatic nitrogens is 2. The van der Waals surface area contributed by atoms with E-state index in [1.54, 1.807) is 12.3 Å². The van der Waals surface area contributed by atoms with Gasteiger partial charge in [-0.3, -0.25) is 14.8 Å². The van der Waals surface area contributed by atoms with Crippen molar-refractivity contribution >= 4 is 17.5 Å². The maximum Gasteiger partial charge on any atom is 0.253 e. The van der Waals surface area contributed by atoms with Gasteiger partial charge in [-0.25, -0.2) is 0 Å². The molecule has 0 radical (unpaired) electrons. The molecule has 0 spiro atoms. The quantitative estimate of drug-likeness (QED) is 0.941. The number of amides is 1. The average molecular weight is 290 g/mol. The van der Waals surface area contributed by atoms with E-state index in [2.05, 4.69) is 15.3 Å². The SMILES string of the molecule is Cc1cccc(C[C@@H](C)NC(=O)c2ccncc2Cl)n1. The second-order valence-corrected chi connectivity index (χ2v) is 5.11. The first-order valence-electron chi connectivity index (χ1n) is 6.39. The molecule has 4 nitrogen and oxygen atoms in total. The number of aryl methyl sites for hydroxylation is 1. The Labute approximate surface area is 123 Å². The molecule has 0 saturated heterocycles. The van der Waals surface area contributed by atoms with Crippen LogP contribution in [0.5, 0.6) is 0 Å². The summed E-state index contributed by atoms with van der Waals surface area (Å²) in [5, 5.41) is 3.27. The van der Waals surface area contributed by atoms with Crippen LogP contribution in [0.25, 0.3) is 0 Å². The summed E-state index contributed by atoms with van der Waals surface area (Å²) in [4.78, 5) is 20.4. The molecule has 20 heavy (non-hydrogen) atoms. The topological polar surface area (TPSA) is 54.9 Å². The lowest BCUT2D eigenvalue weighted by Crippen LogP contribution is -2.34. The summed E-state index contributed by atoms with van der Waals surface area (Å²) in [5.74, 6) is -0.197. The lowest BCUT2D eigenvalue weighted by molar-refractivity contribution is 0.0940. The number of carbonyl (C=O) groups is 1. The zero-order valence-electron chi connectivity index (χ0n) is 11.4. The monoisotopic (exact) mass is 289 g/mol. The third kappa shape index (κ3) is 3.78. The normalized spacial score (nSPS) is 11.9. The van der Waals surface area contributed by atoms with E-state index in [0.29, 0.717) is 17.0 Å². The summed E-state index contributed by atoms with van der Waals surface area (Å²) in [6.45, 7) is 3.89. The summed E-state index contributed by atoms with van der Waals surface area (Å²) >= 11 is 5.95. The Bertz CT molecular complexity index is 616. The number of halogens is 1. The van der Waals surface area contributed by atoms with E-state index in [4.69, 9.17) is 11.6 Å². The van der Waals surface area contributed by atoms with Crippen LogP contribution in [0.15, 0.2) is 36.7 Å². The van der Waals surface area contributed by atoms with Crippen molar-refractivity contribution in [3.8, 4) is 0 Å². The van der Waals surface area contributed by atoms with Crippen molar-refractivity contribution in [3.63, 3.8) is 0 Å². The lowest BCUT2D eigenvalue weighted by Gasteiger charge is -2.14. The molecule has 0 bridgehead atoms. The van der Waals surface area contributed by atoms with Crippen LogP contribution in [-0.2, 0) is 6.42 Å². The Kier molecular flexibility index (Phi) is 4.69. The number of hydrogen-bond donors (Lipinski definition) is 1. The number of carbonyl (C=O) groups excluding carboxylic acids is 1. The molecular weight excluding hydrogens is 274 g/mol. The zero-order valence-corrected chi connectivity index (χ0v) is 12.2. The highest BCUT2D eigenvalue weighted by molar-refractivity contribution is 6.33. The number of nitrogens with one attached hydrogen (secondary N) is 1. The molecule has 0 aliphatic heterocycles. The maximum absolute atomic E-state index is 12.1. The van der Waals surface area contributed by atoms with Gasteiger partial charge in [0.1, 0.15) is 0 Å². The first-order chi connectivity index (χ1) is 9.56. The fraction of sp³-hybridized carbons (Fsp3) is 0.267. The van der Waals surface area contributed by atoms with E-state index in [0.717, 1.165) is 11.4 Å². The van der Waals surface area contributed by atoms with Gasteiger partial charge in [-0.1, -0.05) is 17.7 Å². The van der Waals surface area contributed by atoms with Gasteiger partial charge >= 0.3 is 0 Å². The van der Waals surface area contributed by atoms with E-state index in [1.165, 1.54) is 6.20 Å². The van der Waals surface area contributed by atoms with Crippen molar-refractivity contribution in [2.24, 2.45) is 0 Å². The zero-order chi connectivity index (χ0) is 14.5. The van der Waals surface area contributed by atoms with Gasteiger partial charge in [0.25, 0.3) is 5.91 Å². The van der Waals surface area contributed by atoms with Crippen LogP contribution in [0, 0.1) is 6.92 Å². The summed E-state index contributed by atoms with van der Waals surface area (Å²) in [7, 11) is 0. The molecule has 0 saturated carbocycles.